The molecular weight excluding hydrogens is 336 g/mol. The first-order valence-corrected chi connectivity index (χ1v) is 8.41. The monoisotopic (exact) mass is 360 g/mol. The minimum absolute atomic E-state index is 0.0468. The molecule has 1 atom stereocenters. The van der Waals surface area contributed by atoms with Crippen LogP contribution in [0, 0.1) is 6.92 Å². The number of anilines is 1. The molecule has 0 aromatic heterocycles. The fourth-order valence-corrected chi connectivity index (χ4v) is 2.49. The molecule has 0 fully saturated rings. The molecule has 0 spiro atoms. The number of hydrogen-bond donors (Lipinski definition) is 2. The van der Waals surface area contributed by atoms with E-state index in [0.717, 1.165) is 17.2 Å². The predicted octanol–water partition coefficient (Wildman–Crippen LogP) is 3.77. The van der Waals surface area contributed by atoms with Gasteiger partial charge in [-0.1, -0.05) is 17.7 Å². The van der Waals surface area contributed by atoms with E-state index in [9.17, 15) is 0 Å². The highest BCUT2D eigenvalue weighted by atomic mass is 32.1. The van der Waals surface area contributed by atoms with Gasteiger partial charge in [0.15, 0.2) is 5.11 Å². The molecule has 6 heteroatoms. The Morgan fingerprint density at radius 3 is 2.36 bits per heavy atom. The maximum Gasteiger partial charge on any atom is 0.171 e. The lowest BCUT2D eigenvalue weighted by Crippen LogP contribution is -2.39. The molecule has 0 bridgehead atoms. The Bertz CT molecular complexity index is 704. The minimum Gasteiger partial charge on any atom is -0.497 e. The van der Waals surface area contributed by atoms with E-state index < -0.39 is 0 Å². The van der Waals surface area contributed by atoms with E-state index in [4.69, 9.17) is 26.4 Å². The molecule has 0 amide bonds. The number of thiocarbonyl (C=S) groups is 1. The zero-order valence-corrected chi connectivity index (χ0v) is 15.8. The average Bonchev–Trinajstić information content (AvgIpc) is 2.61. The summed E-state index contributed by atoms with van der Waals surface area (Å²) in [5.41, 5.74) is 1.98. The van der Waals surface area contributed by atoms with E-state index in [1.54, 1.807) is 20.3 Å². The van der Waals surface area contributed by atoms with Gasteiger partial charge < -0.3 is 24.8 Å². The summed E-state index contributed by atoms with van der Waals surface area (Å²) in [6.07, 6.45) is 0. The van der Waals surface area contributed by atoms with Crippen LogP contribution in [0.25, 0.3) is 0 Å². The molecule has 0 saturated heterocycles. The Kier molecular flexibility index (Phi) is 6.89. The molecule has 2 aromatic rings. The van der Waals surface area contributed by atoms with Gasteiger partial charge >= 0.3 is 0 Å². The van der Waals surface area contributed by atoms with E-state index in [1.807, 2.05) is 50.2 Å². The van der Waals surface area contributed by atoms with Gasteiger partial charge in [0.25, 0.3) is 0 Å². The summed E-state index contributed by atoms with van der Waals surface area (Å²) >= 11 is 5.36. The van der Waals surface area contributed by atoms with Crippen LogP contribution in [0.1, 0.15) is 12.5 Å². The van der Waals surface area contributed by atoms with Crippen LogP contribution in [0.2, 0.25) is 0 Å². The van der Waals surface area contributed by atoms with E-state index in [2.05, 4.69) is 10.6 Å². The quantitative estimate of drug-likeness (QED) is 0.733. The molecule has 5 nitrogen and oxygen atoms in total. The zero-order valence-electron chi connectivity index (χ0n) is 15.0. The Morgan fingerprint density at radius 1 is 1.04 bits per heavy atom. The van der Waals surface area contributed by atoms with Crippen LogP contribution in [0.4, 0.5) is 5.69 Å². The fraction of sp³-hybridized carbons (Fsp3) is 0.316. The highest BCUT2D eigenvalue weighted by Gasteiger charge is 2.09. The number of nitrogens with one attached hydrogen (secondary N) is 2. The van der Waals surface area contributed by atoms with Gasteiger partial charge in [-0.05, 0) is 50.3 Å². The molecule has 0 aliphatic heterocycles. The van der Waals surface area contributed by atoms with Crippen LogP contribution in [-0.2, 0) is 0 Å². The van der Waals surface area contributed by atoms with E-state index in [-0.39, 0.29) is 6.04 Å². The SMILES string of the molecule is COc1ccc(NC(=S)NC(C)COc2ccc(C)cc2)c(OC)c1. The van der Waals surface area contributed by atoms with E-state index in [0.29, 0.717) is 17.5 Å². The molecule has 134 valence electrons. The summed E-state index contributed by atoms with van der Waals surface area (Å²) in [7, 11) is 3.22. The third-order valence-corrected chi connectivity index (χ3v) is 3.78. The van der Waals surface area contributed by atoms with Crippen LogP contribution < -0.4 is 24.8 Å². The molecule has 0 radical (unpaired) electrons. The Hall–Kier alpha value is -2.47. The van der Waals surface area contributed by atoms with Gasteiger partial charge in [-0.25, -0.2) is 0 Å². The third-order valence-electron chi connectivity index (χ3n) is 3.56. The lowest BCUT2D eigenvalue weighted by molar-refractivity contribution is 0.287. The van der Waals surface area contributed by atoms with Gasteiger partial charge in [0.2, 0.25) is 0 Å². The van der Waals surface area contributed by atoms with E-state index in [1.165, 1.54) is 5.56 Å². The van der Waals surface area contributed by atoms with Crippen molar-refractivity contribution in [2.45, 2.75) is 19.9 Å². The lowest BCUT2D eigenvalue weighted by Gasteiger charge is -2.19. The second kappa shape index (κ2) is 9.13. The smallest absolute Gasteiger partial charge is 0.171 e. The highest BCUT2D eigenvalue weighted by molar-refractivity contribution is 7.80. The van der Waals surface area contributed by atoms with Crippen molar-refractivity contribution >= 4 is 23.0 Å². The van der Waals surface area contributed by atoms with Crippen LogP contribution in [0.3, 0.4) is 0 Å². The number of rotatable bonds is 7. The first-order chi connectivity index (χ1) is 12.0. The lowest BCUT2D eigenvalue weighted by atomic mass is 10.2. The normalized spacial score (nSPS) is 11.4. The van der Waals surface area contributed by atoms with E-state index >= 15 is 0 Å². The third kappa shape index (κ3) is 5.83. The molecule has 2 rings (SSSR count). The van der Waals surface area contributed by atoms with Gasteiger partial charge in [0, 0.05) is 6.07 Å². The first-order valence-electron chi connectivity index (χ1n) is 8.01. The topological polar surface area (TPSA) is 51.8 Å². The van der Waals surface area contributed by atoms with Crippen molar-refractivity contribution in [2.24, 2.45) is 0 Å². The standard InChI is InChI=1S/C19H24N2O3S/c1-13-5-7-15(8-6-13)24-12-14(2)20-19(25)21-17-10-9-16(22-3)11-18(17)23-4/h5-11,14H,12H2,1-4H3,(H2,20,21,25). The van der Waals surface area contributed by atoms with Crippen molar-refractivity contribution in [2.75, 3.05) is 26.1 Å². The largest absolute Gasteiger partial charge is 0.497 e. The maximum atomic E-state index is 5.76. The molecule has 0 aliphatic rings. The van der Waals surface area contributed by atoms with Gasteiger partial charge in [-0.3, -0.25) is 0 Å². The second-order valence-electron chi connectivity index (χ2n) is 5.69. The zero-order chi connectivity index (χ0) is 18.2. The average molecular weight is 360 g/mol. The van der Waals surface area contributed by atoms with Crippen molar-refractivity contribution in [1.82, 2.24) is 5.32 Å². The van der Waals surface area contributed by atoms with Crippen molar-refractivity contribution in [1.29, 1.82) is 0 Å². The molecular formula is C19H24N2O3S. The van der Waals surface area contributed by atoms with Crippen molar-refractivity contribution in [3.05, 3.63) is 48.0 Å². The fourth-order valence-electron chi connectivity index (χ4n) is 2.18. The van der Waals surface area contributed by atoms with Crippen LogP contribution in [-0.4, -0.2) is 32.0 Å². The van der Waals surface area contributed by atoms with Gasteiger partial charge in [0.05, 0.1) is 25.9 Å². The van der Waals surface area contributed by atoms with Crippen molar-refractivity contribution in [3.63, 3.8) is 0 Å². The number of hydrogen-bond acceptors (Lipinski definition) is 4. The Balaban J connectivity index is 1.85. The van der Waals surface area contributed by atoms with Crippen LogP contribution in [0.15, 0.2) is 42.5 Å². The maximum absolute atomic E-state index is 5.76. The molecule has 0 saturated carbocycles. The molecule has 0 heterocycles. The second-order valence-corrected chi connectivity index (χ2v) is 6.10. The van der Waals surface area contributed by atoms with Crippen LogP contribution in [0.5, 0.6) is 17.2 Å². The Morgan fingerprint density at radius 2 is 1.72 bits per heavy atom. The molecule has 0 aliphatic carbocycles. The number of methoxy groups -OCH3 is 2. The molecule has 25 heavy (non-hydrogen) atoms. The molecule has 2 N–H and O–H groups in total. The highest BCUT2D eigenvalue weighted by Crippen LogP contribution is 2.28. The van der Waals surface area contributed by atoms with Crippen molar-refractivity contribution in [3.8, 4) is 17.2 Å². The van der Waals surface area contributed by atoms with Crippen molar-refractivity contribution < 1.29 is 14.2 Å². The minimum atomic E-state index is 0.0468. The number of benzene rings is 2. The van der Waals surface area contributed by atoms with Gasteiger partial charge in [-0.15, -0.1) is 0 Å². The Labute approximate surface area is 154 Å². The van der Waals surface area contributed by atoms with Gasteiger partial charge in [0.1, 0.15) is 23.9 Å². The summed E-state index contributed by atoms with van der Waals surface area (Å²) in [5.74, 6) is 2.23. The summed E-state index contributed by atoms with van der Waals surface area (Å²) in [6.45, 7) is 4.56. The first kappa shape index (κ1) is 18.9. The predicted molar refractivity (Wildman–Crippen MR) is 105 cm³/mol. The summed E-state index contributed by atoms with van der Waals surface area (Å²) in [5, 5.41) is 6.84. The number of aryl methyl sites for hydroxylation is 1. The number of ether oxygens (including phenoxy) is 3. The van der Waals surface area contributed by atoms with Gasteiger partial charge in [-0.2, -0.15) is 0 Å². The van der Waals surface area contributed by atoms with Crippen LogP contribution >= 0.6 is 12.2 Å². The summed E-state index contributed by atoms with van der Waals surface area (Å²) in [4.78, 5) is 0. The molecule has 1 unspecified atom stereocenters. The summed E-state index contributed by atoms with van der Waals surface area (Å²) in [6, 6.07) is 13.5. The molecule has 2 aromatic carbocycles. The summed E-state index contributed by atoms with van der Waals surface area (Å²) < 4.78 is 16.3.